The summed E-state index contributed by atoms with van der Waals surface area (Å²) in [7, 11) is 0. The molecule has 3 aliphatic rings. The zero-order valence-corrected chi connectivity index (χ0v) is 16.9. The predicted octanol–water partition coefficient (Wildman–Crippen LogP) is 4.11. The van der Waals surface area contributed by atoms with Crippen molar-refractivity contribution in [2.75, 3.05) is 32.8 Å². The maximum absolute atomic E-state index is 5.64. The van der Waals surface area contributed by atoms with Crippen LogP contribution in [0.3, 0.4) is 0 Å². The molecule has 1 aromatic heterocycles. The van der Waals surface area contributed by atoms with Crippen molar-refractivity contribution < 1.29 is 4.74 Å². The van der Waals surface area contributed by atoms with Crippen molar-refractivity contribution in [3.05, 3.63) is 30.1 Å². The van der Waals surface area contributed by atoms with Gasteiger partial charge in [-0.05, 0) is 62.6 Å². The molecule has 0 amide bonds. The third-order valence-electron chi connectivity index (χ3n) is 6.95. The van der Waals surface area contributed by atoms with E-state index in [0.717, 1.165) is 31.7 Å². The Bertz CT molecular complexity index is 540. The summed E-state index contributed by atoms with van der Waals surface area (Å²) >= 11 is 0. The number of likely N-dealkylation sites (tertiary alicyclic amines) is 1. The molecule has 4 heteroatoms. The zero-order chi connectivity index (χ0) is 18.3. The van der Waals surface area contributed by atoms with E-state index in [4.69, 9.17) is 4.74 Å². The summed E-state index contributed by atoms with van der Waals surface area (Å²) in [6.07, 6.45) is 16.3. The minimum absolute atomic E-state index is 0.670. The number of piperidine rings is 1. The molecule has 2 saturated heterocycles. The van der Waals surface area contributed by atoms with E-state index in [9.17, 15) is 0 Å². The van der Waals surface area contributed by atoms with Crippen molar-refractivity contribution in [2.45, 2.75) is 76.4 Å². The maximum Gasteiger partial charge on any atom is 0.0480 e. The van der Waals surface area contributed by atoms with Crippen LogP contribution in [0.4, 0.5) is 0 Å². The van der Waals surface area contributed by atoms with Crippen molar-refractivity contribution >= 4 is 0 Å². The lowest BCUT2D eigenvalue weighted by molar-refractivity contribution is 0.0136. The molecule has 0 unspecified atom stereocenters. The fourth-order valence-corrected chi connectivity index (χ4v) is 5.47. The molecule has 27 heavy (non-hydrogen) atoms. The van der Waals surface area contributed by atoms with Gasteiger partial charge in [0.1, 0.15) is 0 Å². The first-order valence-electron chi connectivity index (χ1n) is 11.3. The van der Waals surface area contributed by atoms with Gasteiger partial charge in [-0.2, -0.15) is 0 Å². The molecule has 0 N–H and O–H groups in total. The standard InChI is InChI=1S/C23H37N3O/c1-2-8-22(9-3-1)25-13-5-7-21(18-25)19-26(23-10-14-27-15-11-23)17-20-6-4-12-24-16-20/h4,6,12,16,21-23H,1-3,5,7-11,13-15,17-19H2/t21-/m1/s1. The summed E-state index contributed by atoms with van der Waals surface area (Å²) in [6.45, 7) is 6.78. The summed E-state index contributed by atoms with van der Waals surface area (Å²) in [4.78, 5) is 9.95. The van der Waals surface area contributed by atoms with Crippen LogP contribution in [-0.4, -0.2) is 59.7 Å². The molecule has 150 valence electrons. The summed E-state index contributed by atoms with van der Waals surface area (Å²) in [5.74, 6) is 0.820. The number of rotatable bonds is 6. The van der Waals surface area contributed by atoms with Crippen molar-refractivity contribution in [3.8, 4) is 0 Å². The van der Waals surface area contributed by atoms with Crippen LogP contribution in [0.15, 0.2) is 24.5 Å². The SMILES string of the molecule is c1cncc(CN(C[C@@H]2CCCN(C3CCCCC3)C2)C2CCOCC2)c1. The van der Waals surface area contributed by atoms with E-state index in [1.807, 2.05) is 12.4 Å². The van der Waals surface area contributed by atoms with Gasteiger partial charge in [-0.15, -0.1) is 0 Å². The molecule has 3 fully saturated rings. The van der Waals surface area contributed by atoms with Gasteiger partial charge in [0.25, 0.3) is 0 Å². The van der Waals surface area contributed by atoms with Crippen LogP contribution in [0, 0.1) is 5.92 Å². The highest BCUT2D eigenvalue weighted by Crippen LogP contribution is 2.28. The third-order valence-corrected chi connectivity index (χ3v) is 6.95. The second-order valence-corrected chi connectivity index (χ2v) is 8.93. The molecule has 0 bridgehead atoms. The summed E-state index contributed by atoms with van der Waals surface area (Å²) < 4.78 is 5.64. The van der Waals surface area contributed by atoms with Gasteiger partial charge in [-0.1, -0.05) is 25.3 Å². The fourth-order valence-electron chi connectivity index (χ4n) is 5.47. The Balaban J connectivity index is 1.38. The van der Waals surface area contributed by atoms with Gasteiger partial charge in [-0.25, -0.2) is 0 Å². The largest absolute Gasteiger partial charge is 0.381 e. The zero-order valence-electron chi connectivity index (χ0n) is 16.9. The normalized spacial score (nSPS) is 26.5. The molecule has 1 saturated carbocycles. The summed E-state index contributed by atoms with van der Waals surface area (Å²) in [6, 6.07) is 5.85. The van der Waals surface area contributed by atoms with Gasteiger partial charge in [-0.3, -0.25) is 9.88 Å². The van der Waals surface area contributed by atoms with Gasteiger partial charge >= 0.3 is 0 Å². The molecule has 2 aliphatic heterocycles. The van der Waals surface area contributed by atoms with Crippen molar-refractivity contribution in [1.29, 1.82) is 0 Å². The predicted molar refractivity (Wildman–Crippen MR) is 110 cm³/mol. The monoisotopic (exact) mass is 371 g/mol. The topological polar surface area (TPSA) is 28.6 Å². The molecule has 0 spiro atoms. The molecular formula is C23H37N3O. The number of pyridine rings is 1. The molecule has 1 aliphatic carbocycles. The van der Waals surface area contributed by atoms with Crippen LogP contribution in [0.2, 0.25) is 0 Å². The number of nitrogens with zero attached hydrogens (tertiary/aromatic N) is 3. The Morgan fingerprint density at radius 2 is 1.89 bits per heavy atom. The average molecular weight is 372 g/mol. The quantitative estimate of drug-likeness (QED) is 0.752. The molecule has 0 aromatic carbocycles. The average Bonchev–Trinajstić information content (AvgIpc) is 2.75. The molecule has 1 atom stereocenters. The molecule has 4 nitrogen and oxygen atoms in total. The van der Waals surface area contributed by atoms with Crippen LogP contribution < -0.4 is 0 Å². The van der Waals surface area contributed by atoms with Gasteiger partial charge in [0, 0.05) is 57.3 Å². The maximum atomic E-state index is 5.64. The van der Waals surface area contributed by atoms with Gasteiger partial charge in [0.05, 0.1) is 0 Å². The van der Waals surface area contributed by atoms with Crippen LogP contribution in [0.5, 0.6) is 0 Å². The number of hydrogen-bond donors (Lipinski definition) is 0. The van der Waals surface area contributed by atoms with Crippen LogP contribution in [0.1, 0.15) is 63.4 Å². The van der Waals surface area contributed by atoms with Gasteiger partial charge < -0.3 is 9.64 Å². The van der Waals surface area contributed by atoms with Crippen molar-refractivity contribution in [2.24, 2.45) is 5.92 Å². The molecule has 3 heterocycles. The Morgan fingerprint density at radius 3 is 2.67 bits per heavy atom. The highest BCUT2D eigenvalue weighted by molar-refractivity contribution is 5.08. The van der Waals surface area contributed by atoms with E-state index in [-0.39, 0.29) is 0 Å². The van der Waals surface area contributed by atoms with Crippen LogP contribution in [0.25, 0.3) is 0 Å². The second-order valence-electron chi connectivity index (χ2n) is 8.93. The van der Waals surface area contributed by atoms with E-state index < -0.39 is 0 Å². The first-order chi connectivity index (χ1) is 13.4. The van der Waals surface area contributed by atoms with E-state index in [0.29, 0.717) is 6.04 Å². The Labute approximate surface area is 165 Å². The minimum atomic E-state index is 0.670. The molecule has 1 aromatic rings. The van der Waals surface area contributed by atoms with Gasteiger partial charge in [0.15, 0.2) is 0 Å². The number of aromatic nitrogens is 1. The molecule has 4 rings (SSSR count). The third kappa shape index (κ3) is 5.52. The highest BCUT2D eigenvalue weighted by Gasteiger charge is 2.30. The van der Waals surface area contributed by atoms with Gasteiger partial charge in [0.2, 0.25) is 0 Å². The van der Waals surface area contributed by atoms with Crippen LogP contribution >= 0.6 is 0 Å². The first kappa shape index (κ1) is 19.4. The van der Waals surface area contributed by atoms with E-state index >= 15 is 0 Å². The highest BCUT2D eigenvalue weighted by atomic mass is 16.5. The lowest BCUT2D eigenvalue weighted by Crippen LogP contribution is -2.48. The number of ether oxygens (including phenoxy) is 1. The van der Waals surface area contributed by atoms with Crippen LogP contribution in [-0.2, 0) is 11.3 Å². The van der Waals surface area contributed by atoms with Crippen molar-refractivity contribution in [1.82, 2.24) is 14.8 Å². The fraction of sp³-hybridized carbons (Fsp3) is 0.783. The smallest absolute Gasteiger partial charge is 0.0480 e. The Morgan fingerprint density at radius 1 is 1.04 bits per heavy atom. The Kier molecular flexibility index (Phi) is 7.16. The van der Waals surface area contributed by atoms with E-state index in [2.05, 4.69) is 26.9 Å². The summed E-state index contributed by atoms with van der Waals surface area (Å²) in [5, 5.41) is 0. The molecular weight excluding hydrogens is 334 g/mol. The minimum Gasteiger partial charge on any atom is -0.381 e. The molecule has 0 radical (unpaired) electrons. The first-order valence-corrected chi connectivity index (χ1v) is 11.3. The van der Waals surface area contributed by atoms with Crippen molar-refractivity contribution in [3.63, 3.8) is 0 Å². The second kappa shape index (κ2) is 9.99. The Hall–Kier alpha value is -0.970. The lowest BCUT2D eigenvalue weighted by atomic mass is 9.89. The van der Waals surface area contributed by atoms with E-state index in [1.165, 1.54) is 83.0 Å². The summed E-state index contributed by atoms with van der Waals surface area (Å²) in [5.41, 5.74) is 1.35. The lowest BCUT2D eigenvalue weighted by Gasteiger charge is -2.43. The van der Waals surface area contributed by atoms with E-state index in [1.54, 1.807) is 0 Å². The number of hydrogen-bond acceptors (Lipinski definition) is 4.